The van der Waals surface area contributed by atoms with E-state index < -0.39 is 34.9 Å². The van der Waals surface area contributed by atoms with Crippen molar-refractivity contribution < 1.29 is 32.4 Å². The highest BCUT2D eigenvalue weighted by Crippen LogP contribution is 2.28. The van der Waals surface area contributed by atoms with Gasteiger partial charge >= 0.3 is 6.18 Å². The van der Waals surface area contributed by atoms with Crippen LogP contribution in [-0.4, -0.2) is 47.0 Å². The van der Waals surface area contributed by atoms with E-state index in [1.807, 2.05) is 11.8 Å². The van der Waals surface area contributed by atoms with Gasteiger partial charge in [-0.05, 0) is 69.0 Å². The molecule has 34 heavy (non-hydrogen) atoms. The third kappa shape index (κ3) is 6.03. The van der Waals surface area contributed by atoms with Gasteiger partial charge in [0.1, 0.15) is 11.3 Å². The van der Waals surface area contributed by atoms with Gasteiger partial charge in [-0.3, -0.25) is 19.7 Å². The molecule has 0 aromatic heterocycles. The largest absolute Gasteiger partial charge is 0.484 e. The Balaban J connectivity index is 1.80. The molecule has 3 rings (SSSR count). The number of hydrogen-bond acceptors (Lipinski definition) is 5. The zero-order valence-electron chi connectivity index (χ0n) is 18.6. The number of rotatable bonds is 6. The predicted octanol–water partition coefficient (Wildman–Crippen LogP) is 5.11. The normalized spacial score (nSPS) is 16.1. The lowest BCUT2D eigenvalue weighted by molar-refractivity contribution is -0.385. The van der Waals surface area contributed by atoms with Gasteiger partial charge in [0, 0.05) is 29.9 Å². The van der Waals surface area contributed by atoms with Gasteiger partial charge in [0.2, 0.25) is 0 Å². The molecule has 1 atom stereocenters. The first-order valence-corrected chi connectivity index (χ1v) is 10.7. The second kappa shape index (κ2) is 10.1. The summed E-state index contributed by atoms with van der Waals surface area (Å²) in [5.74, 6) is -1.34. The molecule has 1 saturated heterocycles. The highest BCUT2D eigenvalue weighted by molar-refractivity contribution is 6.08. The van der Waals surface area contributed by atoms with Gasteiger partial charge in [-0.2, -0.15) is 13.2 Å². The minimum atomic E-state index is -4.60. The Morgan fingerprint density at radius 2 is 1.94 bits per heavy atom. The number of carbonyl (C=O) groups is 2. The van der Waals surface area contributed by atoms with E-state index in [9.17, 15) is 32.9 Å². The zero-order valence-corrected chi connectivity index (χ0v) is 18.6. The maximum absolute atomic E-state index is 12.9. The van der Waals surface area contributed by atoms with E-state index in [4.69, 9.17) is 0 Å². The van der Waals surface area contributed by atoms with E-state index in [2.05, 4.69) is 10.1 Å². The van der Waals surface area contributed by atoms with E-state index >= 15 is 0 Å². The van der Waals surface area contributed by atoms with Crippen LogP contribution < -0.4 is 10.1 Å². The molecule has 1 fully saturated rings. The van der Waals surface area contributed by atoms with Crippen LogP contribution in [-0.2, 0) is 0 Å². The third-order valence-electron chi connectivity index (χ3n) is 5.60. The quantitative estimate of drug-likeness (QED) is 0.458. The molecule has 11 heteroatoms. The number of amides is 2. The molecule has 182 valence electrons. The Bertz CT molecular complexity index is 1100. The number of hydrogen-bond donors (Lipinski definition) is 1. The topological polar surface area (TPSA) is 102 Å². The van der Waals surface area contributed by atoms with Crippen LogP contribution in [0.15, 0.2) is 36.4 Å². The lowest BCUT2D eigenvalue weighted by atomic mass is 10.0. The van der Waals surface area contributed by atoms with Crippen molar-refractivity contribution in [1.29, 1.82) is 0 Å². The first kappa shape index (κ1) is 25.0. The highest BCUT2D eigenvalue weighted by Gasteiger charge is 2.29. The first-order chi connectivity index (χ1) is 16.0. The van der Waals surface area contributed by atoms with Gasteiger partial charge in [0.25, 0.3) is 17.5 Å². The Labute approximate surface area is 193 Å². The molecule has 0 bridgehead atoms. The number of likely N-dealkylation sites (tertiary alicyclic amines) is 1. The number of piperidine rings is 1. The van der Waals surface area contributed by atoms with Crippen LogP contribution in [0, 0.1) is 17.0 Å². The summed E-state index contributed by atoms with van der Waals surface area (Å²) in [5.41, 5.74) is 0.282. The summed E-state index contributed by atoms with van der Waals surface area (Å²) in [5, 5.41) is 13.9. The molecule has 2 aromatic rings. The number of halogens is 3. The fourth-order valence-electron chi connectivity index (χ4n) is 3.80. The van der Waals surface area contributed by atoms with Crippen molar-refractivity contribution in [3.05, 3.63) is 63.2 Å². The van der Waals surface area contributed by atoms with Crippen molar-refractivity contribution in [2.75, 3.05) is 18.5 Å². The van der Waals surface area contributed by atoms with Crippen LogP contribution >= 0.6 is 0 Å². The average molecular weight is 479 g/mol. The smallest absolute Gasteiger partial charge is 0.422 e. The number of nitro benzene ring substituents is 1. The number of benzene rings is 2. The number of aryl methyl sites for hydroxylation is 1. The van der Waals surface area contributed by atoms with Crippen molar-refractivity contribution in [3.63, 3.8) is 0 Å². The van der Waals surface area contributed by atoms with Crippen LogP contribution in [0.1, 0.15) is 52.5 Å². The Hall–Kier alpha value is -3.63. The summed E-state index contributed by atoms with van der Waals surface area (Å²) in [6.45, 7) is 2.74. The number of nitrogens with zero attached hydrogens (tertiary/aromatic N) is 2. The molecule has 0 aliphatic carbocycles. The second-order valence-corrected chi connectivity index (χ2v) is 8.17. The van der Waals surface area contributed by atoms with E-state index in [0.717, 1.165) is 37.5 Å². The summed E-state index contributed by atoms with van der Waals surface area (Å²) in [4.78, 5) is 38.0. The summed E-state index contributed by atoms with van der Waals surface area (Å²) < 4.78 is 41.9. The van der Waals surface area contributed by atoms with Crippen LogP contribution in [0.5, 0.6) is 5.75 Å². The van der Waals surface area contributed by atoms with Gasteiger partial charge in [-0.15, -0.1) is 0 Å². The molecule has 1 N–H and O–H groups in total. The molecule has 8 nitrogen and oxygen atoms in total. The molecule has 1 unspecified atom stereocenters. The summed E-state index contributed by atoms with van der Waals surface area (Å²) in [7, 11) is 0. The standard InChI is InChI=1S/C23H24F3N3O5/c1-14-11-16(22(31)28-10-4-3-5-15(28)2)6-8-19(14)27-21(30)18-12-17(34-13-23(24,25)26)7-9-20(18)29(32)33/h6-9,11-12,15H,3-5,10,13H2,1-2H3,(H,27,30). The maximum Gasteiger partial charge on any atom is 0.422 e. The van der Waals surface area contributed by atoms with Crippen LogP contribution in [0.4, 0.5) is 24.5 Å². The summed E-state index contributed by atoms with van der Waals surface area (Å²) in [6, 6.07) is 7.63. The van der Waals surface area contributed by atoms with E-state index in [1.165, 1.54) is 6.07 Å². The average Bonchev–Trinajstić information content (AvgIpc) is 2.78. The SMILES string of the molecule is Cc1cc(C(=O)N2CCCCC2C)ccc1NC(=O)c1cc(OCC(F)(F)F)ccc1[N+](=O)[O-]. The van der Waals surface area contributed by atoms with Gasteiger partial charge in [-0.1, -0.05) is 0 Å². The van der Waals surface area contributed by atoms with Gasteiger partial charge in [0.05, 0.1) is 4.92 Å². The van der Waals surface area contributed by atoms with Crippen molar-refractivity contribution in [3.8, 4) is 5.75 Å². The van der Waals surface area contributed by atoms with Gasteiger partial charge in [-0.25, -0.2) is 0 Å². The number of carbonyl (C=O) groups excluding carboxylic acids is 2. The fourth-order valence-corrected chi connectivity index (χ4v) is 3.80. The van der Waals surface area contributed by atoms with E-state index in [-0.39, 0.29) is 17.7 Å². The first-order valence-electron chi connectivity index (χ1n) is 10.7. The van der Waals surface area contributed by atoms with E-state index in [1.54, 1.807) is 19.1 Å². The Morgan fingerprint density at radius 3 is 2.56 bits per heavy atom. The molecule has 0 radical (unpaired) electrons. The summed E-state index contributed by atoms with van der Waals surface area (Å²) in [6.07, 6.45) is -1.66. The molecule has 1 aliphatic rings. The number of ether oxygens (including phenoxy) is 1. The fraction of sp³-hybridized carbons (Fsp3) is 0.391. The predicted molar refractivity (Wildman–Crippen MR) is 118 cm³/mol. The molecular weight excluding hydrogens is 455 g/mol. The number of nitro groups is 1. The minimum Gasteiger partial charge on any atom is -0.484 e. The number of alkyl halides is 3. The van der Waals surface area contributed by atoms with Crippen molar-refractivity contribution >= 4 is 23.2 Å². The maximum atomic E-state index is 12.9. The molecule has 1 aliphatic heterocycles. The lowest BCUT2D eigenvalue weighted by Gasteiger charge is -2.33. The molecule has 0 spiro atoms. The van der Waals surface area contributed by atoms with Gasteiger partial charge < -0.3 is 15.0 Å². The molecule has 2 amide bonds. The monoisotopic (exact) mass is 479 g/mol. The minimum absolute atomic E-state index is 0.113. The third-order valence-corrected chi connectivity index (χ3v) is 5.60. The zero-order chi connectivity index (χ0) is 25.0. The van der Waals surface area contributed by atoms with E-state index in [0.29, 0.717) is 23.4 Å². The van der Waals surface area contributed by atoms with Crippen LogP contribution in [0.3, 0.4) is 0 Å². The lowest BCUT2D eigenvalue weighted by Crippen LogP contribution is -2.42. The molecule has 1 heterocycles. The van der Waals surface area contributed by atoms with Gasteiger partial charge in [0.15, 0.2) is 6.61 Å². The number of nitrogens with one attached hydrogen (secondary N) is 1. The van der Waals surface area contributed by atoms with Crippen molar-refractivity contribution in [2.24, 2.45) is 0 Å². The Kier molecular flexibility index (Phi) is 7.43. The highest BCUT2D eigenvalue weighted by atomic mass is 19.4. The van der Waals surface area contributed by atoms with Crippen LogP contribution in [0.25, 0.3) is 0 Å². The Morgan fingerprint density at radius 1 is 1.21 bits per heavy atom. The molecule has 2 aromatic carbocycles. The molecular formula is C23H24F3N3O5. The molecule has 0 saturated carbocycles. The number of anilines is 1. The van der Waals surface area contributed by atoms with Crippen molar-refractivity contribution in [2.45, 2.75) is 45.3 Å². The van der Waals surface area contributed by atoms with Crippen molar-refractivity contribution in [1.82, 2.24) is 4.90 Å². The second-order valence-electron chi connectivity index (χ2n) is 8.17. The van der Waals surface area contributed by atoms with Crippen LogP contribution in [0.2, 0.25) is 0 Å². The summed E-state index contributed by atoms with van der Waals surface area (Å²) >= 11 is 0.